The van der Waals surface area contributed by atoms with Crippen LogP contribution in [-0.2, 0) is 6.54 Å². The van der Waals surface area contributed by atoms with Crippen molar-refractivity contribution in [2.75, 3.05) is 6.54 Å². The van der Waals surface area contributed by atoms with E-state index in [1.807, 2.05) is 6.07 Å². The summed E-state index contributed by atoms with van der Waals surface area (Å²) in [6.07, 6.45) is 1.58. The second-order valence-corrected chi connectivity index (χ2v) is 3.81. The van der Waals surface area contributed by atoms with Gasteiger partial charge in [0.1, 0.15) is 5.75 Å². The number of aromatic hydroxyl groups is 1. The van der Waals surface area contributed by atoms with Gasteiger partial charge < -0.3 is 10.8 Å². The summed E-state index contributed by atoms with van der Waals surface area (Å²) in [4.78, 5) is 0. The highest BCUT2D eigenvalue weighted by Crippen LogP contribution is 2.29. The maximum Gasteiger partial charge on any atom is 0.116 e. The molecule has 0 amide bonds. The summed E-state index contributed by atoms with van der Waals surface area (Å²) in [6.45, 7) is 1.08. The normalized spacial score (nSPS) is 10.6. The molecule has 0 unspecified atom stereocenters. The van der Waals surface area contributed by atoms with Gasteiger partial charge in [-0.25, -0.2) is 0 Å². The van der Waals surface area contributed by atoms with Gasteiger partial charge in [-0.3, -0.25) is 4.68 Å². The molecule has 3 N–H and O–H groups in total. The number of hydrogen-bond acceptors (Lipinski definition) is 3. The maximum absolute atomic E-state index is 9.43. The molecule has 5 heteroatoms. The molecule has 0 aliphatic heterocycles. The average molecular weight is 238 g/mol. The number of rotatable bonds is 3. The summed E-state index contributed by atoms with van der Waals surface area (Å²) in [5.74, 6) is 0.203. The lowest BCUT2D eigenvalue weighted by Crippen LogP contribution is -2.11. The molecule has 84 valence electrons. The zero-order chi connectivity index (χ0) is 11.5. The summed E-state index contributed by atoms with van der Waals surface area (Å²) in [7, 11) is 0. The van der Waals surface area contributed by atoms with Crippen LogP contribution in [-0.4, -0.2) is 21.4 Å². The first kappa shape index (κ1) is 11.0. The first-order valence-corrected chi connectivity index (χ1v) is 5.31. The van der Waals surface area contributed by atoms with Crippen LogP contribution in [0.1, 0.15) is 0 Å². The number of nitrogens with zero attached hydrogens (tertiary/aromatic N) is 2. The maximum atomic E-state index is 9.43. The molecule has 0 spiro atoms. The molecule has 0 fully saturated rings. The van der Waals surface area contributed by atoms with Crippen LogP contribution in [0.5, 0.6) is 5.75 Å². The topological polar surface area (TPSA) is 64.1 Å². The highest BCUT2D eigenvalue weighted by atomic mass is 35.5. The van der Waals surface area contributed by atoms with Crippen molar-refractivity contribution >= 4 is 11.6 Å². The van der Waals surface area contributed by atoms with Crippen molar-refractivity contribution in [3.8, 4) is 17.0 Å². The molecule has 0 saturated carbocycles. The van der Waals surface area contributed by atoms with E-state index in [1.54, 1.807) is 29.1 Å². The molecule has 1 aromatic carbocycles. The molecule has 0 saturated heterocycles. The highest BCUT2D eigenvalue weighted by Gasteiger charge is 2.11. The van der Waals surface area contributed by atoms with Crippen LogP contribution < -0.4 is 5.73 Å². The fourth-order valence-electron chi connectivity index (χ4n) is 1.59. The number of phenols is 1. The second-order valence-electron chi connectivity index (χ2n) is 3.40. The van der Waals surface area contributed by atoms with E-state index in [1.165, 1.54) is 0 Å². The Balaban J connectivity index is 2.50. The van der Waals surface area contributed by atoms with Gasteiger partial charge in [0, 0.05) is 12.1 Å². The number of benzene rings is 1. The number of phenolic OH excluding ortho intramolecular Hbond substituents is 1. The summed E-state index contributed by atoms with van der Waals surface area (Å²) in [5.41, 5.74) is 7.10. The monoisotopic (exact) mass is 237 g/mol. The van der Waals surface area contributed by atoms with Crippen molar-refractivity contribution in [3.63, 3.8) is 0 Å². The predicted octanol–water partition coefficient (Wildman–Crippen LogP) is 1.87. The third kappa shape index (κ3) is 2.03. The number of hydrogen-bond donors (Lipinski definition) is 2. The number of aromatic nitrogens is 2. The van der Waals surface area contributed by atoms with Gasteiger partial charge in [0.15, 0.2) is 0 Å². The summed E-state index contributed by atoms with van der Waals surface area (Å²) >= 11 is 6.06. The van der Waals surface area contributed by atoms with Gasteiger partial charge >= 0.3 is 0 Å². The Labute approximate surface area is 98.3 Å². The molecule has 1 aromatic heterocycles. The molecule has 0 bridgehead atoms. The molecule has 0 aliphatic rings. The molecule has 0 atom stereocenters. The lowest BCUT2D eigenvalue weighted by molar-refractivity contribution is 0.475. The summed E-state index contributed by atoms with van der Waals surface area (Å²) in [6, 6.07) is 6.90. The minimum atomic E-state index is 0.203. The SMILES string of the molecule is NCCn1ncc(Cl)c1-c1cccc(O)c1. The molecule has 0 radical (unpaired) electrons. The smallest absolute Gasteiger partial charge is 0.116 e. The van der Waals surface area contributed by atoms with E-state index in [2.05, 4.69) is 5.10 Å². The van der Waals surface area contributed by atoms with E-state index in [0.717, 1.165) is 11.3 Å². The van der Waals surface area contributed by atoms with Gasteiger partial charge in [0.05, 0.1) is 23.5 Å². The molecular formula is C11H12ClN3O. The zero-order valence-corrected chi connectivity index (χ0v) is 9.35. The summed E-state index contributed by atoms with van der Waals surface area (Å²) in [5, 5.41) is 14.1. The van der Waals surface area contributed by atoms with Crippen LogP contribution in [0.4, 0.5) is 0 Å². The number of halogens is 1. The molecule has 2 aromatic rings. The fraction of sp³-hybridized carbons (Fsp3) is 0.182. The van der Waals surface area contributed by atoms with Crippen LogP contribution in [0.25, 0.3) is 11.3 Å². The van der Waals surface area contributed by atoms with Crippen molar-refractivity contribution in [2.45, 2.75) is 6.54 Å². The van der Waals surface area contributed by atoms with Crippen molar-refractivity contribution in [1.29, 1.82) is 0 Å². The number of nitrogens with two attached hydrogens (primary N) is 1. The first-order valence-electron chi connectivity index (χ1n) is 4.93. The van der Waals surface area contributed by atoms with Gasteiger partial charge in [0.2, 0.25) is 0 Å². The van der Waals surface area contributed by atoms with Crippen LogP contribution in [0.3, 0.4) is 0 Å². The van der Waals surface area contributed by atoms with Crippen molar-refractivity contribution < 1.29 is 5.11 Å². The summed E-state index contributed by atoms with van der Waals surface area (Å²) < 4.78 is 1.73. The lowest BCUT2D eigenvalue weighted by Gasteiger charge is -2.07. The van der Waals surface area contributed by atoms with Crippen LogP contribution in [0.2, 0.25) is 5.02 Å². The Morgan fingerprint density at radius 2 is 2.25 bits per heavy atom. The zero-order valence-electron chi connectivity index (χ0n) is 8.60. The van der Waals surface area contributed by atoms with E-state index in [4.69, 9.17) is 17.3 Å². The third-order valence-corrected chi connectivity index (χ3v) is 2.53. The third-order valence-electron chi connectivity index (χ3n) is 2.26. The Morgan fingerprint density at radius 1 is 1.44 bits per heavy atom. The standard InChI is InChI=1S/C11H12ClN3O/c12-10-7-14-15(5-4-13)11(10)8-2-1-3-9(16)6-8/h1-3,6-7,16H,4-5,13H2. The van der Waals surface area contributed by atoms with Crippen molar-refractivity contribution in [2.24, 2.45) is 5.73 Å². The molecule has 16 heavy (non-hydrogen) atoms. The fourth-order valence-corrected chi connectivity index (χ4v) is 1.84. The van der Waals surface area contributed by atoms with Gasteiger partial charge in [0.25, 0.3) is 0 Å². The van der Waals surface area contributed by atoms with Crippen LogP contribution in [0.15, 0.2) is 30.5 Å². The van der Waals surface area contributed by atoms with E-state index < -0.39 is 0 Å². The molecular weight excluding hydrogens is 226 g/mol. The molecule has 0 aliphatic carbocycles. The quantitative estimate of drug-likeness (QED) is 0.857. The van der Waals surface area contributed by atoms with Gasteiger partial charge in [-0.1, -0.05) is 23.7 Å². The van der Waals surface area contributed by atoms with Crippen molar-refractivity contribution in [3.05, 3.63) is 35.5 Å². The Bertz CT molecular complexity index is 496. The largest absolute Gasteiger partial charge is 0.508 e. The second kappa shape index (κ2) is 4.55. The molecule has 2 rings (SSSR count). The lowest BCUT2D eigenvalue weighted by atomic mass is 10.1. The molecule has 4 nitrogen and oxygen atoms in total. The minimum Gasteiger partial charge on any atom is -0.508 e. The first-order chi connectivity index (χ1) is 7.72. The highest BCUT2D eigenvalue weighted by molar-refractivity contribution is 6.33. The molecule has 1 heterocycles. The Hall–Kier alpha value is -1.52. The van der Waals surface area contributed by atoms with Gasteiger partial charge in [-0.15, -0.1) is 0 Å². The van der Waals surface area contributed by atoms with E-state index in [0.29, 0.717) is 18.1 Å². The van der Waals surface area contributed by atoms with E-state index in [-0.39, 0.29) is 5.75 Å². The van der Waals surface area contributed by atoms with Crippen molar-refractivity contribution in [1.82, 2.24) is 9.78 Å². The van der Waals surface area contributed by atoms with Crippen LogP contribution in [0, 0.1) is 0 Å². The Morgan fingerprint density at radius 3 is 2.94 bits per heavy atom. The van der Waals surface area contributed by atoms with Crippen LogP contribution >= 0.6 is 11.6 Å². The van der Waals surface area contributed by atoms with Gasteiger partial charge in [-0.05, 0) is 12.1 Å². The minimum absolute atomic E-state index is 0.203. The Kier molecular flexibility index (Phi) is 3.12. The average Bonchev–Trinajstić information content (AvgIpc) is 2.60. The predicted molar refractivity (Wildman–Crippen MR) is 63.4 cm³/mol. The van der Waals surface area contributed by atoms with E-state index in [9.17, 15) is 5.11 Å². The van der Waals surface area contributed by atoms with E-state index >= 15 is 0 Å². The van der Waals surface area contributed by atoms with Gasteiger partial charge in [-0.2, -0.15) is 5.10 Å².